The van der Waals surface area contributed by atoms with E-state index in [4.69, 9.17) is 10.5 Å². The maximum absolute atomic E-state index is 13.0. The zero-order valence-electron chi connectivity index (χ0n) is 9.17. The van der Waals surface area contributed by atoms with Crippen LogP contribution in [0.3, 0.4) is 0 Å². The quantitative estimate of drug-likeness (QED) is 0.859. The molecular weight excluding hydrogens is 223 g/mol. The van der Waals surface area contributed by atoms with Crippen LogP contribution in [0, 0.1) is 5.82 Å². The molecule has 2 N–H and O–H groups in total. The van der Waals surface area contributed by atoms with Gasteiger partial charge in [-0.2, -0.15) is 0 Å². The molecule has 1 atom stereocenters. The molecule has 0 saturated carbocycles. The number of hydrogen-bond donors (Lipinski definition) is 1. The highest BCUT2D eigenvalue weighted by molar-refractivity contribution is 5.27. The lowest BCUT2D eigenvalue weighted by Crippen LogP contribution is -2.14. The van der Waals surface area contributed by atoms with Crippen molar-refractivity contribution in [3.63, 3.8) is 0 Å². The Kier molecular flexibility index (Phi) is 3.24. The lowest BCUT2D eigenvalue weighted by atomic mass is 10.1. The minimum atomic E-state index is -0.560. The van der Waals surface area contributed by atoms with Crippen molar-refractivity contribution in [3.8, 4) is 5.88 Å². The molecule has 0 aliphatic rings. The summed E-state index contributed by atoms with van der Waals surface area (Å²) in [6.07, 6.45) is 3.97. The molecule has 0 aromatic carbocycles. The molecule has 0 radical (unpaired) electrons. The average molecular weight is 234 g/mol. The van der Waals surface area contributed by atoms with Gasteiger partial charge in [0.2, 0.25) is 5.88 Å². The summed E-state index contributed by atoms with van der Waals surface area (Å²) in [6, 6.07) is 2.37. The first-order chi connectivity index (χ1) is 8.20. The van der Waals surface area contributed by atoms with Gasteiger partial charge in [-0.1, -0.05) is 0 Å². The average Bonchev–Trinajstić information content (AvgIpc) is 2.38. The number of halogens is 1. The number of hydrogen-bond acceptors (Lipinski definition) is 5. The molecule has 0 saturated heterocycles. The van der Waals surface area contributed by atoms with E-state index in [0.717, 1.165) is 6.20 Å². The number of pyridine rings is 1. The van der Waals surface area contributed by atoms with Crippen LogP contribution in [-0.2, 0) is 0 Å². The van der Waals surface area contributed by atoms with Gasteiger partial charge >= 0.3 is 0 Å². The molecule has 0 bridgehead atoms. The van der Waals surface area contributed by atoms with Gasteiger partial charge in [-0.15, -0.1) is 0 Å². The molecule has 0 aliphatic carbocycles. The molecule has 0 fully saturated rings. The van der Waals surface area contributed by atoms with Gasteiger partial charge in [-0.3, -0.25) is 4.98 Å². The van der Waals surface area contributed by atoms with E-state index >= 15 is 0 Å². The van der Waals surface area contributed by atoms with Crippen LogP contribution in [0.15, 0.2) is 30.9 Å². The van der Waals surface area contributed by atoms with E-state index in [0.29, 0.717) is 17.1 Å². The predicted molar refractivity (Wildman–Crippen MR) is 58.8 cm³/mol. The molecule has 0 amide bonds. The van der Waals surface area contributed by atoms with Crippen LogP contribution in [0.25, 0.3) is 0 Å². The van der Waals surface area contributed by atoms with Crippen molar-refractivity contribution in [3.05, 3.63) is 47.9 Å². The topological polar surface area (TPSA) is 73.9 Å². The van der Waals surface area contributed by atoms with Crippen LogP contribution in [-0.4, -0.2) is 22.1 Å². The van der Waals surface area contributed by atoms with Crippen LogP contribution in [0.1, 0.15) is 17.3 Å². The van der Waals surface area contributed by atoms with E-state index in [-0.39, 0.29) is 0 Å². The first kappa shape index (κ1) is 11.4. The summed E-state index contributed by atoms with van der Waals surface area (Å²) in [6.45, 7) is 0. The Morgan fingerprint density at radius 1 is 1.29 bits per heavy atom. The van der Waals surface area contributed by atoms with Gasteiger partial charge in [-0.25, -0.2) is 14.4 Å². The van der Waals surface area contributed by atoms with Crippen molar-refractivity contribution in [2.75, 3.05) is 7.11 Å². The Morgan fingerprint density at radius 3 is 2.82 bits per heavy atom. The van der Waals surface area contributed by atoms with Gasteiger partial charge in [0, 0.05) is 12.3 Å². The first-order valence-electron chi connectivity index (χ1n) is 4.92. The lowest BCUT2D eigenvalue weighted by molar-refractivity contribution is 0.395. The molecule has 6 heteroatoms. The summed E-state index contributed by atoms with van der Waals surface area (Å²) in [5, 5.41) is 0. The SMILES string of the molecule is COc1cc(C(N)c2cncc(F)c2)ncn1. The molecular formula is C11H11FN4O. The van der Waals surface area contributed by atoms with Gasteiger partial charge in [0.25, 0.3) is 0 Å². The van der Waals surface area contributed by atoms with Crippen molar-refractivity contribution >= 4 is 0 Å². The monoisotopic (exact) mass is 234 g/mol. The van der Waals surface area contributed by atoms with Crippen LogP contribution in [0.4, 0.5) is 4.39 Å². The fourth-order valence-electron chi connectivity index (χ4n) is 1.40. The van der Waals surface area contributed by atoms with Crippen molar-refractivity contribution in [1.82, 2.24) is 15.0 Å². The Hall–Kier alpha value is -2.08. The molecule has 2 aromatic heterocycles. The van der Waals surface area contributed by atoms with Crippen molar-refractivity contribution in [2.45, 2.75) is 6.04 Å². The molecule has 17 heavy (non-hydrogen) atoms. The Balaban J connectivity index is 2.33. The number of nitrogens with zero attached hydrogens (tertiary/aromatic N) is 3. The summed E-state index contributed by atoms with van der Waals surface area (Å²) in [5.41, 5.74) is 7.05. The van der Waals surface area contributed by atoms with E-state index in [1.165, 1.54) is 25.7 Å². The lowest BCUT2D eigenvalue weighted by Gasteiger charge is -2.11. The summed E-state index contributed by atoms with van der Waals surface area (Å²) < 4.78 is 18.0. The van der Waals surface area contributed by atoms with E-state index in [9.17, 15) is 4.39 Å². The Bertz CT molecular complexity index is 520. The molecule has 5 nitrogen and oxygen atoms in total. The molecule has 88 valence electrons. The second-order valence-corrected chi connectivity index (χ2v) is 3.40. The number of methoxy groups -OCH3 is 1. The summed E-state index contributed by atoms with van der Waals surface area (Å²) in [5.74, 6) is -0.0196. The highest BCUT2D eigenvalue weighted by Gasteiger charge is 2.12. The van der Waals surface area contributed by atoms with Crippen molar-refractivity contribution in [1.29, 1.82) is 0 Å². The van der Waals surface area contributed by atoms with Crippen molar-refractivity contribution in [2.24, 2.45) is 5.73 Å². The fraction of sp³-hybridized carbons (Fsp3) is 0.182. The normalized spacial score (nSPS) is 12.2. The van der Waals surface area contributed by atoms with E-state index in [1.54, 1.807) is 6.07 Å². The van der Waals surface area contributed by atoms with E-state index in [1.807, 2.05) is 0 Å². The highest BCUT2D eigenvalue weighted by atomic mass is 19.1. The third-order valence-electron chi connectivity index (χ3n) is 2.28. The maximum atomic E-state index is 13.0. The van der Waals surface area contributed by atoms with E-state index in [2.05, 4.69) is 15.0 Å². The summed E-state index contributed by atoms with van der Waals surface area (Å²) in [4.78, 5) is 11.6. The third-order valence-corrected chi connectivity index (χ3v) is 2.28. The largest absolute Gasteiger partial charge is 0.481 e. The molecule has 0 aliphatic heterocycles. The second-order valence-electron chi connectivity index (χ2n) is 3.40. The minimum absolute atomic E-state index is 0.412. The summed E-state index contributed by atoms with van der Waals surface area (Å²) in [7, 11) is 1.50. The molecule has 2 aromatic rings. The predicted octanol–water partition coefficient (Wildman–Crippen LogP) is 1.07. The van der Waals surface area contributed by atoms with Crippen LogP contribution >= 0.6 is 0 Å². The molecule has 2 rings (SSSR count). The molecule has 1 unspecified atom stereocenters. The fourth-order valence-corrected chi connectivity index (χ4v) is 1.40. The number of aromatic nitrogens is 3. The third kappa shape index (κ3) is 2.54. The summed E-state index contributed by atoms with van der Waals surface area (Å²) >= 11 is 0. The number of rotatable bonds is 3. The zero-order valence-corrected chi connectivity index (χ0v) is 9.17. The van der Waals surface area contributed by atoms with Gasteiger partial charge < -0.3 is 10.5 Å². The Morgan fingerprint density at radius 2 is 2.12 bits per heavy atom. The van der Waals surface area contributed by atoms with Crippen LogP contribution in [0.2, 0.25) is 0 Å². The smallest absolute Gasteiger partial charge is 0.216 e. The second kappa shape index (κ2) is 4.84. The van der Waals surface area contributed by atoms with Crippen molar-refractivity contribution < 1.29 is 9.13 Å². The number of nitrogens with two attached hydrogens (primary N) is 1. The maximum Gasteiger partial charge on any atom is 0.216 e. The standard InChI is InChI=1S/C11H11FN4O/c1-17-10-3-9(15-6-16-10)11(13)7-2-8(12)5-14-4-7/h2-6,11H,13H2,1H3. The van der Waals surface area contributed by atoms with Gasteiger partial charge in [-0.05, 0) is 11.6 Å². The Labute approximate surface area is 97.5 Å². The molecule has 2 heterocycles. The van der Waals surface area contributed by atoms with Gasteiger partial charge in [0.15, 0.2) is 0 Å². The molecule has 0 spiro atoms. The zero-order chi connectivity index (χ0) is 12.3. The minimum Gasteiger partial charge on any atom is -0.481 e. The highest BCUT2D eigenvalue weighted by Crippen LogP contribution is 2.19. The van der Waals surface area contributed by atoms with Gasteiger partial charge in [0.1, 0.15) is 12.1 Å². The van der Waals surface area contributed by atoms with Gasteiger partial charge in [0.05, 0.1) is 25.0 Å². The van der Waals surface area contributed by atoms with E-state index < -0.39 is 11.9 Å². The first-order valence-corrected chi connectivity index (χ1v) is 4.92. The van der Waals surface area contributed by atoms with Crippen LogP contribution in [0.5, 0.6) is 5.88 Å². The number of ether oxygens (including phenoxy) is 1. The van der Waals surface area contributed by atoms with Crippen LogP contribution < -0.4 is 10.5 Å².